The van der Waals surface area contributed by atoms with Gasteiger partial charge in [-0.15, -0.1) is 0 Å². The molecule has 15 heavy (non-hydrogen) atoms. The van der Waals surface area contributed by atoms with E-state index < -0.39 is 0 Å². The molecule has 1 aliphatic heterocycles. The van der Waals surface area contributed by atoms with Gasteiger partial charge < -0.3 is 15.8 Å². The van der Waals surface area contributed by atoms with E-state index in [4.69, 9.17) is 10.5 Å². The monoisotopic (exact) mass is 212 g/mol. The normalized spacial score (nSPS) is 31.8. The topological polar surface area (TPSA) is 47.3 Å². The summed E-state index contributed by atoms with van der Waals surface area (Å²) in [6.45, 7) is 3.52. The zero-order chi connectivity index (χ0) is 10.6. The molecule has 3 heteroatoms. The molecule has 1 unspecified atom stereocenters. The molecule has 0 aromatic carbocycles. The fourth-order valence-electron chi connectivity index (χ4n) is 2.38. The second-order valence-electron chi connectivity index (χ2n) is 5.15. The molecular weight excluding hydrogens is 188 g/mol. The van der Waals surface area contributed by atoms with Crippen LogP contribution >= 0.6 is 0 Å². The molecule has 1 saturated heterocycles. The van der Waals surface area contributed by atoms with Crippen molar-refractivity contribution in [3.8, 4) is 0 Å². The molecule has 2 rings (SSSR count). The predicted octanol–water partition coefficient (Wildman–Crippen LogP) is 1.27. The average Bonchev–Trinajstić information content (AvgIpc) is 3.10. The largest absolute Gasteiger partial charge is 0.379 e. The van der Waals surface area contributed by atoms with Crippen molar-refractivity contribution >= 4 is 0 Å². The Morgan fingerprint density at radius 2 is 2.27 bits per heavy atom. The first-order chi connectivity index (χ1) is 7.35. The first-order valence-electron chi connectivity index (χ1n) is 6.37. The van der Waals surface area contributed by atoms with Crippen molar-refractivity contribution in [2.45, 2.75) is 44.1 Å². The molecule has 0 aromatic heterocycles. The number of nitrogens with one attached hydrogen (secondary N) is 1. The summed E-state index contributed by atoms with van der Waals surface area (Å²) in [5, 5.41) is 3.62. The number of hydrogen-bond donors (Lipinski definition) is 2. The fraction of sp³-hybridized carbons (Fsp3) is 1.00. The first kappa shape index (κ1) is 11.4. The maximum atomic E-state index is 5.85. The lowest BCUT2D eigenvalue weighted by Crippen LogP contribution is -2.56. The molecule has 3 nitrogen and oxygen atoms in total. The van der Waals surface area contributed by atoms with Gasteiger partial charge in [0.05, 0.1) is 12.1 Å². The van der Waals surface area contributed by atoms with Crippen LogP contribution in [-0.2, 0) is 4.74 Å². The van der Waals surface area contributed by atoms with Gasteiger partial charge in [0.1, 0.15) is 0 Å². The summed E-state index contributed by atoms with van der Waals surface area (Å²) >= 11 is 0. The minimum atomic E-state index is 0.0851. The van der Waals surface area contributed by atoms with Gasteiger partial charge in [0, 0.05) is 13.2 Å². The zero-order valence-electron chi connectivity index (χ0n) is 9.63. The van der Waals surface area contributed by atoms with E-state index in [1.807, 2.05) is 0 Å². The summed E-state index contributed by atoms with van der Waals surface area (Å²) in [6, 6.07) is 0. The van der Waals surface area contributed by atoms with Crippen molar-refractivity contribution in [3.05, 3.63) is 0 Å². The summed E-state index contributed by atoms with van der Waals surface area (Å²) in [7, 11) is 0. The third-order valence-electron chi connectivity index (χ3n) is 3.70. The van der Waals surface area contributed by atoms with Crippen molar-refractivity contribution in [1.29, 1.82) is 0 Å². The molecule has 1 saturated carbocycles. The molecule has 0 bridgehead atoms. The van der Waals surface area contributed by atoms with Gasteiger partial charge in [-0.1, -0.05) is 12.8 Å². The molecule has 1 aliphatic carbocycles. The van der Waals surface area contributed by atoms with Crippen LogP contribution in [0.1, 0.15) is 38.5 Å². The molecule has 2 fully saturated rings. The Kier molecular flexibility index (Phi) is 4.00. The van der Waals surface area contributed by atoms with Crippen LogP contribution in [0.2, 0.25) is 0 Å². The molecular formula is C12H24N2O. The Balaban J connectivity index is 1.64. The molecule has 3 N–H and O–H groups in total. The van der Waals surface area contributed by atoms with Gasteiger partial charge in [-0.25, -0.2) is 0 Å². The van der Waals surface area contributed by atoms with E-state index in [-0.39, 0.29) is 5.54 Å². The Bertz CT molecular complexity index is 186. The van der Waals surface area contributed by atoms with Crippen LogP contribution in [0.4, 0.5) is 0 Å². The molecule has 2 aliphatic rings. The number of nitrogens with two attached hydrogens (primary N) is 1. The van der Waals surface area contributed by atoms with Crippen LogP contribution in [0.15, 0.2) is 0 Å². The van der Waals surface area contributed by atoms with Gasteiger partial charge in [0.15, 0.2) is 0 Å². The highest BCUT2D eigenvalue weighted by molar-refractivity contribution is 4.91. The highest BCUT2D eigenvalue weighted by Gasteiger charge is 2.30. The maximum absolute atomic E-state index is 5.85. The van der Waals surface area contributed by atoms with Crippen molar-refractivity contribution < 1.29 is 4.74 Å². The quantitative estimate of drug-likeness (QED) is 0.652. The molecule has 1 atom stereocenters. The third-order valence-corrected chi connectivity index (χ3v) is 3.70. The van der Waals surface area contributed by atoms with Crippen LogP contribution < -0.4 is 11.1 Å². The van der Waals surface area contributed by atoms with E-state index in [9.17, 15) is 0 Å². The minimum Gasteiger partial charge on any atom is -0.379 e. The second kappa shape index (κ2) is 5.28. The van der Waals surface area contributed by atoms with Gasteiger partial charge >= 0.3 is 0 Å². The summed E-state index contributed by atoms with van der Waals surface area (Å²) in [5.74, 6) is 1.04. The van der Waals surface area contributed by atoms with Crippen LogP contribution in [-0.4, -0.2) is 31.8 Å². The van der Waals surface area contributed by atoms with Gasteiger partial charge in [-0.3, -0.25) is 0 Å². The van der Waals surface area contributed by atoms with E-state index in [1.54, 1.807) is 0 Å². The van der Waals surface area contributed by atoms with Gasteiger partial charge in [-0.2, -0.15) is 0 Å². The Labute approximate surface area is 92.7 Å². The molecule has 0 spiro atoms. The fourth-order valence-corrected chi connectivity index (χ4v) is 2.38. The summed E-state index contributed by atoms with van der Waals surface area (Å²) in [6.07, 6.45) is 7.94. The summed E-state index contributed by atoms with van der Waals surface area (Å²) in [5.41, 5.74) is 5.94. The van der Waals surface area contributed by atoms with Crippen LogP contribution in [0, 0.1) is 5.92 Å². The minimum absolute atomic E-state index is 0.0851. The lowest BCUT2D eigenvalue weighted by atomic mass is 9.92. The van der Waals surface area contributed by atoms with Crippen LogP contribution in [0.25, 0.3) is 0 Å². The van der Waals surface area contributed by atoms with Gasteiger partial charge in [0.25, 0.3) is 0 Å². The van der Waals surface area contributed by atoms with Crippen LogP contribution in [0.3, 0.4) is 0 Å². The number of ether oxygens (including phenoxy) is 1. The van der Waals surface area contributed by atoms with E-state index >= 15 is 0 Å². The molecule has 1 heterocycles. The Morgan fingerprint density at radius 1 is 1.40 bits per heavy atom. The Morgan fingerprint density at radius 3 is 2.87 bits per heavy atom. The highest BCUT2D eigenvalue weighted by Crippen LogP contribution is 2.33. The van der Waals surface area contributed by atoms with Crippen molar-refractivity contribution in [3.63, 3.8) is 0 Å². The smallest absolute Gasteiger partial charge is 0.0660 e. The second-order valence-corrected chi connectivity index (χ2v) is 5.15. The zero-order valence-corrected chi connectivity index (χ0v) is 9.63. The van der Waals surface area contributed by atoms with E-state index in [0.717, 1.165) is 32.1 Å². The molecule has 0 aromatic rings. The standard InChI is InChI=1S/C12H24N2O/c13-9-12(6-2-8-15-10-12)14-7-1-3-11-4-5-11/h11,14H,1-10,13H2. The third kappa shape index (κ3) is 3.44. The Hall–Kier alpha value is -0.120. The number of rotatable bonds is 6. The molecule has 0 radical (unpaired) electrons. The van der Waals surface area contributed by atoms with Gasteiger partial charge in [0.2, 0.25) is 0 Å². The lowest BCUT2D eigenvalue weighted by molar-refractivity contribution is 0.0240. The molecule has 88 valence electrons. The molecule has 0 amide bonds. The summed E-state index contributed by atoms with van der Waals surface area (Å²) < 4.78 is 5.52. The number of hydrogen-bond acceptors (Lipinski definition) is 3. The summed E-state index contributed by atoms with van der Waals surface area (Å²) in [4.78, 5) is 0. The predicted molar refractivity (Wildman–Crippen MR) is 61.8 cm³/mol. The van der Waals surface area contributed by atoms with Crippen molar-refractivity contribution in [2.75, 3.05) is 26.3 Å². The average molecular weight is 212 g/mol. The highest BCUT2D eigenvalue weighted by atomic mass is 16.5. The maximum Gasteiger partial charge on any atom is 0.0660 e. The van der Waals surface area contributed by atoms with Crippen molar-refractivity contribution in [1.82, 2.24) is 5.32 Å². The van der Waals surface area contributed by atoms with E-state index in [1.165, 1.54) is 32.1 Å². The first-order valence-corrected chi connectivity index (χ1v) is 6.37. The lowest BCUT2D eigenvalue weighted by Gasteiger charge is -2.37. The van der Waals surface area contributed by atoms with Crippen molar-refractivity contribution in [2.24, 2.45) is 11.7 Å². The van der Waals surface area contributed by atoms with Gasteiger partial charge in [-0.05, 0) is 38.1 Å². The van der Waals surface area contributed by atoms with E-state index in [2.05, 4.69) is 5.32 Å². The van der Waals surface area contributed by atoms with E-state index in [0.29, 0.717) is 6.54 Å². The SMILES string of the molecule is NCC1(NCCCC2CC2)CCCOC1. The van der Waals surface area contributed by atoms with Crippen LogP contribution in [0.5, 0.6) is 0 Å².